The van der Waals surface area contributed by atoms with Crippen molar-refractivity contribution in [2.75, 3.05) is 6.61 Å². The van der Waals surface area contributed by atoms with Crippen molar-refractivity contribution in [2.45, 2.75) is 53.9 Å². The Bertz CT molecular complexity index is 922. The maximum absolute atomic E-state index is 12.1. The molecule has 0 atom stereocenters. The summed E-state index contributed by atoms with van der Waals surface area (Å²) in [6.45, 7) is 10.7. The molecule has 0 aliphatic rings. The van der Waals surface area contributed by atoms with Crippen molar-refractivity contribution < 1.29 is 14.3 Å². The average molecular weight is 405 g/mol. The quantitative estimate of drug-likeness (QED) is 0.208. The van der Waals surface area contributed by atoms with E-state index in [2.05, 4.69) is 33.4 Å². The van der Waals surface area contributed by atoms with E-state index >= 15 is 0 Å². The first kappa shape index (κ1) is 23.4. The van der Waals surface area contributed by atoms with Gasteiger partial charge < -0.3 is 4.74 Å². The normalized spacial score (nSPS) is 10.8. The predicted octanol–water partition coefficient (Wildman–Crippen LogP) is 6.89. The van der Waals surface area contributed by atoms with E-state index in [1.54, 1.807) is 19.1 Å². The number of ketones is 1. The molecule has 0 saturated heterocycles. The van der Waals surface area contributed by atoms with Crippen LogP contribution in [0.4, 0.5) is 0 Å². The molecule has 0 bridgehead atoms. The summed E-state index contributed by atoms with van der Waals surface area (Å²) < 4.78 is 5.42. The lowest BCUT2D eigenvalue weighted by atomic mass is 9.88. The minimum atomic E-state index is -0.300. The zero-order chi connectivity index (χ0) is 22.1. The zero-order valence-corrected chi connectivity index (χ0v) is 18.7. The van der Waals surface area contributed by atoms with Crippen molar-refractivity contribution in [3.05, 3.63) is 82.6 Å². The molecule has 0 aliphatic carbocycles. The Morgan fingerprint density at radius 1 is 0.867 bits per heavy atom. The van der Waals surface area contributed by atoms with Crippen molar-refractivity contribution in [3.63, 3.8) is 0 Å². The molecule has 3 nitrogen and oxygen atoms in total. The number of hydrogen-bond acceptors (Lipinski definition) is 3. The average Bonchev–Trinajstić information content (AvgIpc) is 2.69. The van der Waals surface area contributed by atoms with Crippen LogP contribution >= 0.6 is 0 Å². The first-order valence-corrected chi connectivity index (χ1v) is 10.4. The fourth-order valence-electron chi connectivity index (χ4n) is 3.35. The summed E-state index contributed by atoms with van der Waals surface area (Å²) >= 11 is 0. The molecule has 0 heterocycles. The fraction of sp³-hybridized carbons (Fsp3) is 0.370. The van der Waals surface area contributed by atoms with Crippen LogP contribution in [0.25, 0.3) is 5.57 Å². The first-order chi connectivity index (χ1) is 14.2. The van der Waals surface area contributed by atoms with E-state index in [0.717, 1.165) is 24.0 Å². The van der Waals surface area contributed by atoms with Crippen LogP contribution in [-0.4, -0.2) is 18.4 Å². The van der Waals surface area contributed by atoms with Crippen molar-refractivity contribution in [3.8, 4) is 0 Å². The minimum absolute atomic E-state index is 0.0550. The van der Waals surface area contributed by atoms with E-state index in [9.17, 15) is 9.59 Å². The molecule has 0 radical (unpaired) electrons. The molecule has 2 rings (SSSR count). The summed E-state index contributed by atoms with van der Waals surface area (Å²) in [5.41, 5.74) is 8.32. The first-order valence-electron chi connectivity index (χ1n) is 10.4. The van der Waals surface area contributed by atoms with Crippen LogP contribution < -0.4 is 0 Å². The largest absolute Gasteiger partial charge is 0.462 e. The van der Waals surface area contributed by atoms with Gasteiger partial charge >= 0.3 is 5.97 Å². The van der Waals surface area contributed by atoms with Gasteiger partial charge in [0, 0.05) is 11.1 Å². The number of carbonyl (C=O) groups excluding carboxylic acids is 2. The third kappa shape index (κ3) is 7.85. The minimum Gasteiger partial charge on any atom is -0.462 e. The number of benzene rings is 2. The van der Waals surface area contributed by atoms with Crippen LogP contribution in [-0.2, 0) is 4.74 Å². The molecule has 3 heteroatoms. The van der Waals surface area contributed by atoms with Crippen molar-refractivity contribution >= 4 is 17.3 Å². The zero-order valence-electron chi connectivity index (χ0n) is 18.7. The Kier molecular flexibility index (Phi) is 8.38. The Hall–Kier alpha value is -2.90. The predicted molar refractivity (Wildman–Crippen MR) is 123 cm³/mol. The maximum Gasteiger partial charge on any atom is 0.338 e. The molecular weight excluding hydrogens is 372 g/mol. The lowest BCUT2D eigenvalue weighted by Gasteiger charge is -2.17. The van der Waals surface area contributed by atoms with Crippen LogP contribution in [0.15, 0.2) is 65.9 Å². The number of hydrogen-bond donors (Lipinski definition) is 0. The number of Topliss-reactive ketones (excluding diaryl/α,β-unsaturated/α-hetero) is 1. The van der Waals surface area contributed by atoms with E-state index in [1.165, 1.54) is 5.57 Å². The number of esters is 1. The van der Waals surface area contributed by atoms with Gasteiger partial charge in [-0.25, -0.2) is 4.79 Å². The maximum atomic E-state index is 12.1. The van der Waals surface area contributed by atoms with Crippen LogP contribution in [0.3, 0.4) is 0 Å². The second kappa shape index (κ2) is 10.8. The molecule has 2 aromatic carbocycles. The summed E-state index contributed by atoms with van der Waals surface area (Å²) in [6.07, 6.45) is 2.39. The topological polar surface area (TPSA) is 43.4 Å². The SMILES string of the molecule is CC(=O)c1ccc(C(=C=C(C)CC(C)(C)C)CCCOC(=O)c2ccccc2)cc1. The van der Waals surface area contributed by atoms with Gasteiger partial charge in [0.2, 0.25) is 0 Å². The molecule has 0 fully saturated rings. The van der Waals surface area contributed by atoms with Crippen LogP contribution in [0.5, 0.6) is 0 Å². The summed E-state index contributed by atoms with van der Waals surface area (Å²) in [5, 5.41) is 0. The van der Waals surface area contributed by atoms with Crippen LogP contribution in [0.1, 0.15) is 80.2 Å². The van der Waals surface area contributed by atoms with Gasteiger partial charge in [-0.05, 0) is 61.8 Å². The highest BCUT2D eigenvalue weighted by atomic mass is 16.5. The molecule has 0 saturated carbocycles. The van der Waals surface area contributed by atoms with Gasteiger partial charge in [-0.15, -0.1) is 5.73 Å². The Balaban J connectivity index is 2.12. The van der Waals surface area contributed by atoms with Gasteiger partial charge in [-0.2, -0.15) is 0 Å². The lowest BCUT2D eigenvalue weighted by molar-refractivity contribution is 0.0501. The van der Waals surface area contributed by atoms with E-state index in [1.807, 2.05) is 42.5 Å². The second-order valence-electron chi connectivity index (χ2n) is 8.86. The molecule has 0 amide bonds. The van der Waals surface area contributed by atoms with Crippen molar-refractivity contribution in [2.24, 2.45) is 5.41 Å². The standard InChI is InChI=1S/C27H32O3/c1-20(19-27(3,4)5)18-25(23-15-13-22(14-16-23)21(2)28)12-9-17-30-26(29)24-10-7-6-8-11-24/h6-8,10-11,13-16H,9,12,17,19H2,1-5H3. The van der Waals surface area contributed by atoms with Crippen molar-refractivity contribution in [1.82, 2.24) is 0 Å². The van der Waals surface area contributed by atoms with Gasteiger partial charge in [-0.3, -0.25) is 4.79 Å². The van der Waals surface area contributed by atoms with E-state index in [-0.39, 0.29) is 17.2 Å². The smallest absolute Gasteiger partial charge is 0.338 e. The number of carbonyl (C=O) groups is 2. The van der Waals surface area contributed by atoms with Crippen LogP contribution in [0.2, 0.25) is 0 Å². The number of ether oxygens (including phenoxy) is 1. The lowest BCUT2D eigenvalue weighted by Crippen LogP contribution is -2.06. The van der Waals surface area contributed by atoms with Gasteiger partial charge in [0.05, 0.1) is 12.2 Å². The summed E-state index contributed by atoms with van der Waals surface area (Å²) in [5.74, 6) is -0.245. The molecule has 0 unspecified atom stereocenters. The van der Waals surface area contributed by atoms with Crippen molar-refractivity contribution in [1.29, 1.82) is 0 Å². The Morgan fingerprint density at radius 2 is 1.47 bits per heavy atom. The molecular formula is C27H32O3. The van der Waals surface area contributed by atoms with Gasteiger partial charge in [0.15, 0.2) is 5.78 Å². The third-order valence-electron chi connectivity index (χ3n) is 4.61. The molecule has 0 N–H and O–H groups in total. The second-order valence-corrected chi connectivity index (χ2v) is 8.86. The summed E-state index contributed by atoms with van der Waals surface area (Å²) in [4.78, 5) is 23.7. The highest BCUT2D eigenvalue weighted by Crippen LogP contribution is 2.26. The monoisotopic (exact) mass is 404 g/mol. The fourth-order valence-corrected chi connectivity index (χ4v) is 3.35. The molecule has 0 spiro atoms. The molecule has 30 heavy (non-hydrogen) atoms. The summed E-state index contributed by atoms with van der Waals surface area (Å²) in [6, 6.07) is 16.7. The highest BCUT2D eigenvalue weighted by Gasteiger charge is 2.12. The Labute approximate surface area is 180 Å². The molecule has 0 aliphatic heterocycles. The van der Waals surface area contributed by atoms with E-state index < -0.39 is 0 Å². The molecule has 0 aromatic heterocycles. The highest BCUT2D eigenvalue weighted by molar-refractivity contribution is 5.94. The van der Waals surface area contributed by atoms with E-state index in [4.69, 9.17) is 4.74 Å². The Morgan fingerprint density at radius 3 is 2.03 bits per heavy atom. The number of rotatable bonds is 8. The van der Waals surface area contributed by atoms with E-state index in [0.29, 0.717) is 24.2 Å². The van der Waals surface area contributed by atoms with Gasteiger partial charge in [-0.1, -0.05) is 63.2 Å². The number of allylic oxidation sites excluding steroid dienone is 1. The molecule has 158 valence electrons. The van der Waals surface area contributed by atoms with Gasteiger partial charge in [0.25, 0.3) is 0 Å². The van der Waals surface area contributed by atoms with Gasteiger partial charge in [0.1, 0.15) is 0 Å². The summed E-state index contributed by atoms with van der Waals surface area (Å²) in [7, 11) is 0. The van der Waals surface area contributed by atoms with Crippen LogP contribution in [0, 0.1) is 5.41 Å². The molecule has 2 aromatic rings. The third-order valence-corrected chi connectivity index (χ3v) is 4.61.